The zero-order valence-electron chi connectivity index (χ0n) is 10.9. The van der Waals surface area contributed by atoms with Gasteiger partial charge < -0.3 is 10.5 Å². The van der Waals surface area contributed by atoms with Crippen LogP contribution in [0, 0.1) is 0 Å². The molecule has 2 heterocycles. The number of ether oxygens (including phenoxy) is 1. The molecule has 0 aliphatic heterocycles. The molecule has 2 aromatic heterocycles. The summed E-state index contributed by atoms with van der Waals surface area (Å²) in [6.45, 7) is 2.51. The molecule has 1 aromatic carbocycles. The van der Waals surface area contributed by atoms with Crippen molar-refractivity contribution in [1.29, 1.82) is 0 Å². The van der Waals surface area contributed by atoms with Crippen LogP contribution in [0.5, 0.6) is 5.75 Å². The number of nitrogens with two attached hydrogens (primary N) is 1. The number of hydrogen-bond acceptors (Lipinski definition) is 4. The van der Waals surface area contributed by atoms with Crippen molar-refractivity contribution in [3.8, 4) is 16.9 Å². The minimum Gasteiger partial charge on any atom is -0.493 e. The third kappa shape index (κ3) is 2.16. The Labute approximate surface area is 121 Å². The molecule has 3 aromatic rings. The van der Waals surface area contributed by atoms with E-state index in [1.54, 1.807) is 16.8 Å². The van der Waals surface area contributed by atoms with Crippen molar-refractivity contribution < 1.29 is 4.74 Å². The van der Waals surface area contributed by atoms with Crippen LogP contribution in [-0.4, -0.2) is 21.2 Å². The number of benzene rings is 1. The first-order valence-electron chi connectivity index (χ1n) is 6.22. The molecule has 0 saturated carbocycles. The molecule has 5 nitrogen and oxygen atoms in total. The number of hydrogen-bond donors (Lipinski definition) is 1. The van der Waals surface area contributed by atoms with Crippen LogP contribution in [0.3, 0.4) is 0 Å². The Balaban J connectivity index is 2.27. The normalized spacial score (nSPS) is 10.9. The summed E-state index contributed by atoms with van der Waals surface area (Å²) in [5.74, 6) is 0.990. The molecule has 0 aliphatic rings. The molecule has 0 amide bonds. The molecule has 2 N–H and O–H groups in total. The number of nitrogens with zero attached hydrogens (tertiary/aromatic N) is 3. The van der Waals surface area contributed by atoms with Crippen LogP contribution in [0.2, 0.25) is 5.02 Å². The van der Waals surface area contributed by atoms with E-state index in [2.05, 4.69) is 10.1 Å². The largest absolute Gasteiger partial charge is 0.493 e. The predicted octanol–water partition coefficient (Wildman–Crippen LogP) is 3.03. The molecule has 0 unspecified atom stereocenters. The van der Waals surface area contributed by atoms with Gasteiger partial charge in [-0.25, -0.2) is 4.52 Å². The smallest absolute Gasteiger partial charge is 0.240 e. The van der Waals surface area contributed by atoms with Gasteiger partial charge in [0.05, 0.1) is 6.61 Å². The third-order valence-electron chi connectivity index (χ3n) is 2.91. The van der Waals surface area contributed by atoms with Gasteiger partial charge in [0.1, 0.15) is 5.75 Å². The molecule has 102 valence electrons. The van der Waals surface area contributed by atoms with E-state index in [1.165, 1.54) is 0 Å². The van der Waals surface area contributed by atoms with Gasteiger partial charge in [-0.15, -0.1) is 5.10 Å². The summed E-state index contributed by atoms with van der Waals surface area (Å²) in [4.78, 5) is 4.25. The summed E-state index contributed by atoms with van der Waals surface area (Å²) in [6, 6.07) is 9.33. The van der Waals surface area contributed by atoms with E-state index in [4.69, 9.17) is 22.1 Å². The second kappa shape index (κ2) is 5.02. The first-order chi connectivity index (χ1) is 9.69. The van der Waals surface area contributed by atoms with Gasteiger partial charge in [-0.2, -0.15) is 4.98 Å². The van der Waals surface area contributed by atoms with E-state index in [9.17, 15) is 0 Å². The van der Waals surface area contributed by atoms with Gasteiger partial charge in [-0.1, -0.05) is 11.6 Å². The average molecular weight is 289 g/mol. The van der Waals surface area contributed by atoms with E-state index in [0.29, 0.717) is 17.3 Å². The Morgan fingerprint density at radius 3 is 2.95 bits per heavy atom. The first kappa shape index (κ1) is 12.7. The second-order valence-electron chi connectivity index (χ2n) is 4.23. The second-order valence-corrected chi connectivity index (χ2v) is 4.67. The van der Waals surface area contributed by atoms with Crippen molar-refractivity contribution in [3.05, 3.63) is 41.6 Å². The van der Waals surface area contributed by atoms with Gasteiger partial charge >= 0.3 is 0 Å². The summed E-state index contributed by atoms with van der Waals surface area (Å²) in [7, 11) is 0. The molecule has 6 heteroatoms. The Kier molecular flexibility index (Phi) is 3.20. The van der Waals surface area contributed by atoms with Crippen molar-refractivity contribution in [1.82, 2.24) is 14.6 Å². The lowest BCUT2D eigenvalue weighted by atomic mass is 10.1. The lowest BCUT2D eigenvalue weighted by Gasteiger charge is -2.11. The van der Waals surface area contributed by atoms with E-state index >= 15 is 0 Å². The van der Waals surface area contributed by atoms with E-state index in [0.717, 1.165) is 16.9 Å². The Morgan fingerprint density at radius 1 is 1.30 bits per heavy atom. The Bertz CT molecular complexity index is 769. The highest BCUT2D eigenvalue weighted by Gasteiger charge is 2.13. The standard InChI is InChI=1S/C14H13ClN4O/c1-2-20-12-6-5-9(15)8-11(12)10-4-3-7-19-13(10)17-14(16)18-19/h3-8H,2H2,1H3,(H2,16,18). The SMILES string of the molecule is CCOc1ccc(Cl)cc1-c1cccn2nc(N)nc12. The highest BCUT2D eigenvalue weighted by molar-refractivity contribution is 6.31. The zero-order chi connectivity index (χ0) is 14.1. The summed E-state index contributed by atoms with van der Waals surface area (Å²) in [6.07, 6.45) is 1.80. The zero-order valence-corrected chi connectivity index (χ0v) is 11.6. The fourth-order valence-electron chi connectivity index (χ4n) is 2.13. The fraction of sp³-hybridized carbons (Fsp3) is 0.143. The summed E-state index contributed by atoms with van der Waals surface area (Å²) in [5.41, 5.74) is 8.09. The maximum absolute atomic E-state index is 6.10. The van der Waals surface area contributed by atoms with Gasteiger partial charge in [0.2, 0.25) is 5.95 Å². The van der Waals surface area contributed by atoms with E-state index in [1.807, 2.05) is 31.2 Å². The molecule has 0 atom stereocenters. The van der Waals surface area contributed by atoms with E-state index in [-0.39, 0.29) is 5.95 Å². The number of anilines is 1. The molecular weight excluding hydrogens is 276 g/mol. The number of halogens is 1. The van der Waals surface area contributed by atoms with Crippen LogP contribution in [-0.2, 0) is 0 Å². The summed E-state index contributed by atoms with van der Waals surface area (Å²) in [5, 5.41) is 4.74. The minimum atomic E-state index is 0.234. The number of fused-ring (bicyclic) bond motifs is 1. The number of aromatic nitrogens is 3. The van der Waals surface area contributed by atoms with Gasteiger partial charge in [0.25, 0.3) is 0 Å². The predicted molar refractivity (Wildman–Crippen MR) is 79.0 cm³/mol. The fourth-order valence-corrected chi connectivity index (χ4v) is 2.30. The van der Waals surface area contributed by atoms with Crippen molar-refractivity contribution >= 4 is 23.2 Å². The average Bonchev–Trinajstić information content (AvgIpc) is 2.81. The molecule has 3 rings (SSSR count). The van der Waals surface area contributed by atoms with Crippen molar-refractivity contribution in [2.24, 2.45) is 0 Å². The lowest BCUT2D eigenvalue weighted by molar-refractivity contribution is 0.341. The Morgan fingerprint density at radius 2 is 2.15 bits per heavy atom. The maximum Gasteiger partial charge on any atom is 0.240 e. The van der Waals surface area contributed by atoms with Crippen LogP contribution < -0.4 is 10.5 Å². The molecule has 20 heavy (non-hydrogen) atoms. The number of nitrogen functional groups attached to an aromatic ring is 1. The molecular formula is C14H13ClN4O. The van der Waals surface area contributed by atoms with Crippen LogP contribution in [0.15, 0.2) is 36.5 Å². The number of pyridine rings is 1. The highest BCUT2D eigenvalue weighted by Crippen LogP contribution is 2.34. The molecule has 0 spiro atoms. The van der Waals surface area contributed by atoms with Gasteiger partial charge in [0.15, 0.2) is 5.65 Å². The maximum atomic E-state index is 6.10. The molecule has 0 fully saturated rings. The van der Waals surface area contributed by atoms with Crippen LogP contribution in [0.1, 0.15) is 6.92 Å². The van der Waals surface area contributed by atoms with Crippen LogP contribution in [0.25, 0.3) is 16.8 Å². The highest BCUT2D eigenvalue weighted by atomic mass is 35.5. The lowest BCUT2D eigenvalue weighted by Crippen LogP contribution is -1.96. The summed E-state index contributed by atoms with van der Waals surface area (Å²) >= 11 is 6.10. The first-order valence-corrected chi connectivity index (χ1v) is 6.60. The third-order valence-corrected chi connectivity index (χ3v) is 3.15. The number of rotatable bonds is 3. The van der Waals surface area contributed by atoms with E-state index < -0.39 is 0 Å². The molecule has 0 bridgehead atoms. The monoisotopic (exact) mass is 288 g/mol. The van der Waals surface area contributed by atoms with Crippen molar-refractivity contribution in [3.63, 3.8) is 0 Å². The van der Waals surface area contributed by atoms with Gasteiger partial charge in [-0.3, -0.25) is 0 Å². The molecule has 0 aliphatic carbocycles. The summed E-state index contributed by atoms with van der Waals surface area (Å²) < 4.78 is 7.29. The molecule has 0 saturated heterocycles. The van der Waals surface area contributed by atoms with Gasteiger partial charge in [-0.05, 0) is 37.3 Å². The minimum absolute atomic E-state index is 0.234. The topological polar surface area (TPSA) is 65.4 Å². The van der Waals surface area contributed by atoms with Gasteiger partial charge in [0, 0.05) is 22.3 Å². The molecule has 0 radical (unpaired) electrons. The van der Waals surface area contributed by atoms with Crippen molar-refractivity contribution in [2.75, 3.05) is 12.3 Å². The van der Waals surface area contributed by atoms with Crippen molar-refractivity contribution in [2.45, 2.75) is 6.92 Å². The Hall–Kier alpha value is -2.27. The van der Waals surface area contributed by atoms with Crippen LogP contribution in [0.4, 0.5) is 5.95 Å². The quantitative estimate of drug-likeness (QED) is 0.804. The van der Waals surface area contributed by atoms with Crippen LogP contribution >= 0.6 is 11.6 Å².